The maximum absolute atomic E-state index is 12.1. The standard InChI is InChI=1S/C15H10O7.C5H5N/c16-7-4-10(19)12-11(5-7)22-15(14(21)13(12)20)6-1-2-8(17)9(18)3-6;1-2-4-6-5-3-1/h1-5,16-19,21H;1-5H. The largest absolute Gasteiger partial charge is 0.508 e. The minimum absolute atomic E-state index is 0.134. The van der Waals surface area contributed by atoms with Crippen molar-refractivity contribution >= 4 is 11.0 Å². The fourth-order valence-corrected chi connectivity index (χ4v) is 2.45. The quantitative estimate of drug-likeness (QED) is 0.316. The van der Waals surface area contributed by atoms with Gasteiger partial charge in [-0.3, -0.25) is 9.78 Å². The summed E-state index contributed by atoms with van der Waals surface area (Å²) >= 11 is 0. The molecule has 2 aromatic carbocycles. The molecular weight excluding hydrogens is 366 g/mol. The zero-order valence-electron chi connectivity index (χ0n) is 14.3. The molecule has 8 heteroatoms. The van der Waals surface area contributed by atoms with Gasteiger partial charge in [-0.05, 0) is 30.3 Å². The number of phenols is 4. The second-order valence-corrected chi connectivity index (χ2v) is 5.68. The molecule has 0 unspecified atom stereocenters. The molecular formula is C20H15NO7. The van der Waals surface area contributed by atoms with Gasteiger partial charge in [0.05, 0.1) is 0 Å². The normalized spacial score (nSPS) is 10.3. The summed E-state index contributed by atoms with van der Waals surface area (Å²) < 4.78 is 5.35. The van der Waals surface area contributed by atoms with Crippen molar-refractivity contribution in [3.63, 3.8) is 0 Å². The molecule has 142 valence electrons. The Kier molecular flexibility index (Phi) is 5.03. The Morgan fingerprint density at radius 3 is 2.07 bits per heavy atom. The maximum Gasteiger partial charge on any atom is 0.238 e. The molecule has 0 aliphatic heterocycles. The number of nitrogens with zero attached hydrogens (tertiary/aromatic N) is 1. The number of fused-ring (bicyclic) bond motifs is 1. The van der Waals surface area contributed by atoms with E-state index in [4.69, 9.17) is 4.42 Å². The van der Waals surface area contributed by atoms with Crippen molar-refractivity contribution in [3.8, 4) is 40.1 Å². The number of benzene rings is 2. The summed E-state index contributed by atoms with van der Waals surface area (Å²) in [6.45, 7) is 0. The SMILES string of the molecule is O=c1c(O)c(-c2ccc(O)c(O)c2)oc2cc(O)cc(O)c12.c1ccncc1. The zero-order chi connectivity index (χ0) is 20.3. The Balaban J connectivity index is 0.000000320. The van der Waals surface area contributed by atoms with Crippen LogP contribution < -0.4 is 5.43 Å². The predicted molar refractivity (Wildman–Crippen MR) is 100 cm³/mol. The second-order valence-electron chi connectivity index (χ2n) is 5.68. The molecule has 0 amide bonds. The Labute approximate surface area is 157 Å². The lowest BCUT2D eigenvalue weighted by molar-refractivity contribution is 0.403. The van der Waals surface area contributed by atoms with Crippen molar-refractivity contribution in [2.75, 3.05) is 0 Å². The molecule has 0 radical (unpaired) electrons. The van der Waals surface area contributed by atoms with Crippen LogP contribution in [0, 0.1) is 0 Å². The molecule has 0 atom stereocenters. The van der Waals surface area contributed by atoms with Crippen LogP contribution in [0.25, 0.3) is 22.3 Å². The van der Waals surface area contributed by atoms with Gasteiger partial charge in [-0.1, -0.05) is 6.07 Å². The van der Waals surface area contributed by atoms with Gasteiger partial charge >= 0.3 is 0 Å². The first-order chi connectivity index (χ1) is 13.4. The summed E-state index contributed by atoms with van der Waals surface area (Å²) in [6, 6.07) is 11.4. The summed E-state index contributed by atoms with van der Waals surface area (Å²) in [5, 5.41) is 47.6. The van der Waals surface area contributed by atoms with E-state index in [9.17, 15) is 30.3 Å². The number of phenolic OH excluding ortho intramolecular Hbond substituents is 4. The van der Waals surface area contributed by atoms with Crippen molar-refractivity contribution in [1.29, 1.82) is 0 Å². The highest BCUT2D eigenvalue weighted by Crippen LogP contribution is 2.37. The van der Waals surface area contributed by atoms with Crippen LogP contribution in [0.1, 0.15) is 0 Å². The summed E-state index contributed by atoms with van der Waals surface area (Å²) in [7, 11) is 0. The molecule has 0 fully saturated rings. The first-order valence-electron chi connectivity index (χ1n) is 7.97. The maximum atomic E-state index is 12.1. The van der Waals surface area contributed by atoms with Gasteiger partial charge in [0.2, 0.25) is 11.2 Å². The van der Waals surface area contributed by atoms with Crippen LogP contribution in [0.5, 0.6) is 28.7 Å². The van der Waals surface area contributed by atoms with Crippen molar-refractivity contribution < 1.29 is 29.9 Å². The van der Waals surface area contributed by atoms with E-state index in [1.165, 1.54) is 6.07 Å². The van der Waals surface area contributed by atoms with E-state index in [0.29, 0.717) is 0 Å². The third-order valence-electron chi connectivity index (χ3n) is 3.74. The van der Waals surface area contributed by atoms with Crippen molar-refractivity contribution in [3.05, 3.63) is 71.1 Å². The molecule has 0 aliphatic carbocycles. The monoisotopic (exact) mass is 381 g/mol. The third-order valence-corrected chi connectivity index (χ3v) is 3.74. The molecule has 8 nitrogen and oxygen atoms in total. The van der Waals surface area contributed by atoms with Crippen molar-refractivity contribution in [2.24, 2.45) is 0 Å². The van der Waals surface area contributed by atoms with E-state index in [-0.39, 0.29) is 33.8 Å². The van der Waals surface area contributed by atoms with Gasteiger partial charge in [-0.25, -0.2) is 0 Å². The number of pyridine rings is 1. The van der Waals surface area contributed by atoms with Crippen molar-refractivity contribution in [2.45, 2.75) is 0 Å². The van der Waals surface area contributed by atoms with Crippen LogP contribution in [-0.2, 0) is 0 Å². The average Bonchev–Trinajstić information content (AvgIpc) is 2.68. The van der Waals surface area contributed by atoms with Gasteiger partial charge in [0.25, 0.3) is 0 Å². The first kappa shape index (κ1) is 18.6. The lowest BCUT2D eigenvalue weighted by Crippen LogP contribution is -2.02. The molecule has 0 saturated heterocycles. The van der Waals surface area contributed by atoms with Crippen LogP contribution >= 0.6 is 0 Å². The van der Waals surface area contributed by atoms with E-state index in [2.05, 4.69) is 4.98 Å². The fourth-order valence-electron chi connectivity index (χ4n) is 2.45. The Hall–Kier alpha value is -4.20. The number of hydrogen-bond donors (Lipinski definition) is 5. The molecule has 28 heavy (non-hydrogen) atoms. The van der Waals surface area contributed by atoms with E-state index in [1.54, 1.807) is 12.4 Å². The first-order valence-corrected chi connectivity index (χ1v) is 7.97. The minimum atomic E-state index is -0.888. The predicted octanol–water partition coefficient (Wildman–Crippen LogP) is 3.07. The van der Waals surface area contributed by atoms with Gasteiger partial charge < -0.3 is 29.9 Å². The second kappa shape index (κ2) is 7.58. The lowest BCUT2D eigenvalue weighted by Gasteiger charge is -2.08. The summed E-state index contributed by atoms with van der Waals surface area (Å²) in [5.74, 6) is -2.71. The molecule has 0 spiro atoms. The van der Waals surface area contributed by atoms with Gasteiger partial charge in [-0.15, -0.1) is 0 Å². The highest BCUT2D eigenvalue weighted by Gasteiger charge is 2.19. The van der Waals surface area contributed by atoms with Crippen LogP contribution in [-0.4, -0.2) is 30.5 Å². The Bertz CT molecular complexity index is 1160. The zero-order valence-corrected chi connectivity index (χ0v) is 14.3. The highest BCUT2D eigenvalue weighted by molar-refractivity contribution is 5.88. The minimum Gasteiger partial charge on any atom is -0.508 e. The van der Waals surface area contributed by atoms with Crippen LogP contribution in [0.4, 0.5) is 0 Å². The van der Waals surface area contributed by atoms with E-state index in [0.717, 1.165) is 24.3 Å². The van der Waals surface area contributed by atoms with Crippen LogP contribution in [0.15, 0.2) is 70.1 Å². The molecule has 0 bridgehead atoms. The highest BCUT2D eigenvalue weighted by atomic mass is 16.4. The van der Waals surface area contributed by atoms with E-state index < -0.39 is 22.7 Å². The number of hydrogen-bond acceptors (Lipinski definition) is 8. The van der Waals surface area contributed by atoms with Crippen LogP contribution in [0.3, 0.4) is 0 Å². The molecule has 2 heterocycles. The summed E-state index contributed by atoms with van der Waals surface area (Å²) in [4.78, 5) is 15.9. The topological polar surface area (TPSA) is 144 Å². The molecule has 2 aromatic heterocycles. The lowest BCUT2D eigenvalue weighted by atomic mass is 10.1. The van der Waals surface area contributed by atoms with Gasteiger partial charge in [0, 0.05) is 30.1 Å². The smallest absolute Gasteiger partial charge is 0.238 e. The van der Waals surface area contributed by atoms with Crippen molar-refractivity contribution in [1.82, 2.24) is 4.98 Å². The molecule has 4 rings (SSSR count). The molecule has 4 aromatic rings. The van der Waals surface area contributed by atoms with E-state index >= 15 is 0 Å². The number of aromatic hydroxyl groups is 5. The van der Waals surface area contributed by atoms with Crippen LogP contribution in [0.2, 0.25) is 0 Å². The Morgan fingerprint density at radius 1 is 0.786 bits per heavy atom. The molecule has 0 aliphatic rings. The molecule has 5 N–H and O–H groups in total. The Morgan fingerprint density at radius 2 is 1.50 bits per heavy atom. The number of aromatic nitrogens is 1. The summed E-state index contributed by atoms with van der Waals surface area (Å²) in [6.07, 6.45) is 3.50. The third kappa shape index (κ3) is 3.65. The van der Waals surface area contributed by atoms with E-state index in [1.807, 2.05) is 18.2 Å². The van der Waals surface area contributed by atoms with Gasteiger partial charge in [-0.2, -0.15) is 0 Å². The number of rotatable bonds is 1. The van der Waals surface area contributed by atoms with Gasteiger partial charge in [0.15, 0.2) is 17.3 Å². The van der Waals surface area contributed by atoms with Gasteiger partial charge in [0.1, 0.15) is 22.5 Å². The fraction of sp³-hybridized carbons (Fsp3) is 0. The molecule has 0 saturated carbocycles. The average molecular weight is 381 g/mol. The summed E-state index contributed by atoms with van der Waals surface area (Å²) in [5.41, 5.74) is -0.890.